The van der Waals surface area contributed by atoms with Crippen molar-refractivity contribution in [1.29, 1.82) is 0 Å². The first-order chi connectivity index (χ1) is 9.85. The summed E-state index contributed by atoms with van der Waals surface area (Å²) < 4.78 is 27.6. The van der Waals surface area contributed by atoms with Crippen molar-refractivity contribution >= 4 is 16.0 Å². The second-order valence-electron chi connectivity index (χ2n) is 6.22. The van der Waals surface area contributed by atoms with Gasteiger partial charge in [-0.3, -0.25) is 0 Å². The van der Waals surface area contributed by atoms with Crippen LogP contribution in [0, 0.1) is 5.41 Å². The third-order valence-corrected chi connectivity index (χ3v) is 5.45. The van der Waals surface area contributed by atoms with Gasteiger partial charge in [-0.15, -0.1) is 0 Å². The van der Waals surface area contributed by atoms with Crippen molar-refractivity contribution in [2.45, 2.75) is 57.4 Å². The Bertz CT molecular complexity index is 569. The van der Waals surface area contributed by atoms with E-state index in [1.54, 1.807) is 0 Å². The summed E-state index contributed by atoms with van der Waals surface area (Å²) in [6.45, 7) is 7.00. The molecule has 1 aromatic rings. The third-order valence-electron chi connectivity index (χ3n) is 4.03. The Kier molecular flexibility index (Phi) is 4.83. The van der Waals surface area contributed by atoms with Crippen LogP contribution in [0.1, 0.15) is 46.5 Å². The summed E-state index contributed by atoms with van der Waals surface area (Å²) in [5.74, 6) is 0.456. The fourth-order valence-corrected chi connectivity index (χ4v) is 3.91. The van der Waals surface area contributed by atoms with Crippen molar-refractivity contribution in [3.8, 4) is 0 Å². The first-order valence-corrected chi connectivity index (χ1v) is 8.92. The topological polar surface area (TPSA) is 84.0 Å². The van der Waals surface area contributed by atoms with Crippen LogP contribution in [0.4, 0.5) is 5.95 Å². The van der Waals surface area contributed by atoms with Crippen molar-refractivity contribution in [3.05, 3.63) is 12.4 Å². The molecule has 118 valence electrons. The van der Waals surface area contributed by atoms with Gasteiger partial charge in [0.25, 0.3) is 0 Å². The van der Waals surface area contributed by atoms with E-state index in [-0.39, 0.29) is 16.4 Å². The lowest BCUT2D eigenvalue weighted by atomic mass is 9.88. The highest BCUT2D eigenvalue weighted by molar-refractivity contribution is 7.89. The smallest absolute Gasteiger partial charge is 0.243 e. The minimum Gasteiger partial charge on any atom is -0.354 e. The molecule has 2 N–H and O–H groups in total. The number of hydrogen-bond acceptors (Lipinski definition) is 5. The highest BCUT2D eigenvalue weighted by Gasteiger charge is 2.37. The van der Waals surface area contributed by atoms with Gasteiger partial charge in [0.05, 0.1) is 12.4 Å². The summed E-state index contributed by atoms with van der Waals surface area (Å²) in [4.78, 5) is 8.22. The van der Waals surface area contributed by atoms with Crippen LogP contribution in [-0.2, 0) is 10.0 Å². The van der Waals surface area contributed by atoms with Crippen LogP contribution in [0.2, 0.25) is 0 Å². The van der Waals surface area contributed by atoms with E-state index in [0.717, 1.165) is 32.2 Å². The van der Waals surface area contributed by atoms with Gasteiger partial charge in [0, 0.05) is 12.6 Å². The lowest BCUT2D eigenvalue weighted by Crippen LogP contribution is -2.41. The Labute approximate surface area is 126 Å². The number of nitrogens with zero attached hydrogens (tertiary/aromatic N) is 2. The van der Waals surface area contributed by atoms with Gasteiger partial charge in [-0.1, -0.05) is 27.2 Å². The average Bonchev–Trinajstić information content (AvgIpc) is 2.75. The molecule has 0 bridgehead atoms. The maximum atomic E-state index is 12.4. The van der Waals surface area contributed by atoms with E-state index < -0.39 is 10.0 Å². The maximum Gasteiger partial charge on any atom is 0.243 e. The van der Waals surface area contributed by atoms with E-state index in [2.05, 4.69) is 33.9 Å². The first-order valence-electron chi connectivity index (χ1n) is 7.43. The van der Waals surface area contributed by atoms with Gasteiger partial charge >= 0.3 is 0 Å². The highest BCUT2D eigenvalue weighted by Crippen LogP contribution is 2.37. The van der Waals surface area contributed by atoms with Gasteiger partial charge in [0.2, 0.25) is 16.0 Å². The van der Waals surface area contributed by atoms with Gasteiger partial charge < -0.3 is 5.32 Å². The molecule has 0 amide bonds. The molecule has 2 rings (SSSR count). The molecule has 0 aliphatic heterocycles. The van der Waals surface area contributed by atoms with Gasteiger partial charge in [-0.25, -0.2) is 23.1 Å². The van der Waals surface area contributed by atoms with Crippen LogP contribution in [0.15, 0.2) is 17.3 Å². The maximum absolute atomic E-state index is 12.4. The molecule has 1 atom stereocenters. The van der Waals surface area contributed by atoms with Gasteiger partial charge in [-0.05, 0) is 24.7 Å². The summed E-state index contributed by atoms with van der Waals surface area (Å²) in [5, 5.41) is 3.02. The Morgan fingerprint density at radius 1 is 1.33 bits per heavy atom. The van der Waals surface area contributed by atoms with Crippen LogP contribution in [0.3, 0.4) is 0 Å². The Morgan fingerprint density at radius 2 is 2.00 bits per heavy atom. The van der Waals surface area contributed by atoms with Crippen molar-refractivity contribution in [2.24, 2.45) is 5.41 Å². The molecule has 1 heterocycles. The van der Waals surface area contributed by atoms with Crippen LogP contribution in [0.5, 0.6) is 0 Å². The normalized spacial score (nSPS) is 21.4. The third kappa shape index (κ3) is 3.91. The molecular formula is C14H24N4O2S. The summed E-state index contributed by atoms with van der Waals surface area (Å²) in [7, 11) is -3.55. The molecule has 6 nitrogen and oxygen atoms in total. The van der Waals surface area contributed by atoms with Gasteiger partial charge in [0.15, 0.2) is 0 Å². The minimum atomic E-state index is -3.55. The van der Waals surface area contributed by atoms with E-state index in [4.69, 9.17) is 0 Å². The number of anilines is 1. The molecule has 0 saturated heterocycles. The van der Waals surface area contributed by atoms with Crippen molar-refractivity contribution in [3.63, 3.8) is 0 Å². The summed E-state index contributed by atoms with van der Waals surface area (Å²) in [6.07, 6.45) is 6.64. The first kappa shape index (κ1) is 16.2. The van der Waals surface area contributed by atoms with Crippen LogP contribution < -0.4 is 10.0 Å². The monoisotopic (exact) mass is 312 g/mol. The fourth-order valence-electron chi connectivity index (χ4n) is 2.58. The fraction of sp³-hybridized carbons (Fsp3) is 0.714. The second-order valence-corrected chi connectivity index (χ2v) is 7.94. The van der Waals surface area contributed by atoms with Crippen molar-refractivity contribution in [1.82, 2.24) is 14.7 Å². The SMILES string of the molecule is CCCNc1ncc(S(=O)(=O)NC2CCCC2(C)C)cn1. The highest BCUT2D eigenvalue weighted by atomic mass is 32.2. The predicted molar refractivity (Wildman–Crippen MR) is 82.6 cm³/mol. The Morgan fingerprint density at radius 3 is 2.52 bits per heavy atom. The zero-order valence-electron chi connectivity index (χ0n) is 12.9. The largest absolute Gasteiger partial charge is 0.354 e. The molecule has 0 spiro atoms. The molecule has 1 aromatic heterocycles. The zero-order chi connectivity index (χ0) is 15.5. The summed E-state index contributed by atoms with van der Waals surface area (Å²) >= 11 is 0. The molecule has 1 saturated carbocycles. The molecule has 21 heavy (non-hydrogen) atoms. The van der Waals surface area contributed by atoms with Crippen molar-refractivity contribution < 1.29 is 8.42 Å². The predicted octanol–water partition coefficient (Wildman–Crippen LogP) is 2.16. The summed E-state index contributed by atoms with van der Waals surface area (Å²) in [6, 6.07) is -0.0274. The number of rotatable bonds is 6. The molecule has 0 radical (unpaired) electrons. The molecule has 1 aliphatic rings. The van der Waals surface area contributed by atoms with Gasteiger partial charge in [-0.2, -0.15) is 0 Å². The molecule has 7 heteroatoms. The number of nitrogens with one attached hydrogen (secondary N) is 2. The van der Waals surface area contributed by atoms with E-state index in [1.165, 1.54) is 12.4 Å². The number of hydrogen-bond donors (Lipinski definition) is 2. The second kappa shape index (κ2) is 6.27. The van der Waals surface area contributed by atoms with Crippen molar-refractivity contribution in [2.75, 3.05) is 11.9 Å². The Hall–Kier alpha value is -1.21. The quantitative estimate of drug-likeness (QED) is 0.841. The standard InChI is InChI=1S/C14H24N4O2S/c1-4-8-15-13-16-9-11(10-17-13)21(19,20)18-12-6-5-7-14(12,2)3/h9-10,12,18H,4-8H2,1-3H3,(H,15,16,17). The van der Waals surface area contributed by atoms with E-state index in [9.17, 15) is 8.42 Å². The van der Waals surface area contributed by atoms with Crippen LogP contribution in [-0.4, -0.2) is 31.0 Å². The van der Waals surface area contributed by atoms with E-state index >= 15 is 0 Å². The van der Waals surface area contributed by atoms with E-state index in [0.29, 0.717) is 5.95 Å². The van der Waals surface area contributed by atoms with Crippen LogP contribution in [0.25, 0.3) is 0 Å². The zero-order valence-corrected chi connectivity index (χ0v) is 13.7. The minimum absolute atomic E-state index is 0.00342. The van der Waals surface area contributed by atoms with Gasteiger partial charge in [0.1, 0.15) is 4.90 Å². The molecule has 1 unspecified atom stereocenters. The van der Waals surface area contributed by atoms with E-state index in [1.807, 2.05) is 6.92 Å². The molecule has 1 aliphatic carbocycles. The molecular weight excluding hydrogens is 288 g/mol. The summed E-state index contributed by atoms with van der Waals surface area (Å²) in [5.41, 5.74) is -0.00342. The molecule has 1 fully saturated rings. The Balaban J connectivity index is 2.09. The lowest BCUT2D eigenvalue weighted by Gasteiger charge is -2.27. The van der Waals surface area contributed by atoms with Crippen LogP contribution >= 0.6 is 0 Å². The average molecular weight is 312 g/mol. The lowest BCUT2D eigenvalue weighted by molar-refractivity contribution is 0.313. The number of aromatic nitrogens is 2. The number of sulfonamides is 1. The molecule has 0 aromatic carbocycles.